The van der Waals surface area contributed by atoms with E-state index in [4.69, 9.17) is 10.5 Å². The zero-order valence-electron chi connectivity index (χ0n) is 19.6. The Morgan fingerprint density at radius 3 is 2.42 bits per heavy atom. The van der Waals surface area contributed by atoms with Crippen LogP contribution in [0.5, 0.6) is 5.75 Å². The second-order valence-electron chi connectivity index (χ2n) is 8.21. The molecule has 1 aliphatic rings. The highest BCUT2D eigenvalue weighted by atomic mass is 19.4. The zero-order chi connectivity index (χ0) is 28.3. The first kappa shape index (κ1) is 28.4. The summed E-state index contributed by atoms with van der Waals surface area (Å²) in [6, 6.07) is 6.23. The van der Waals surface area contributed by atoms with Crippen molar-refractivity contribution in [2.45, 2.75) is 37.8 Å². The van der Waals surface area contributed by atoms with Crippen LogP contribution >= 0.6 is 0 Å². The molecule has 9 nitrogen and oxygen atoms in total. The molecule has 3 amide bonds. The normalized spacial score (nSPS) is 16.4. The summed E-state index contributed by atoms with van der Waals surface area (Å²) in [5.41, 5.74) is 4.08. The van der Waals surface area contributed by atoms with Gasteiger partial charge in [0.1, 0.15) is 5.75 Å². The lowest BCUT2D eigenvalue weighted by atomic mass is 9.97. The minimum atomic E-state index is -4.67. The molecule has 38 heavy (non-hydrogen) atoms. The van der Waals surface area contributed by atoms with Gasteiger partial charge in [-0.15, -0.1) is 0 Å². The summed E-state index contributed by atoms with van der Waals surface area (Å²) in [6.07, 6.45) is -13.4. The van der Waals surface area contributed by atoms with Gasteiger partial charge in [-0.3, -0.25) is 19.4 Å². The number of hydrogen-bond donors (Lipinski definition) is 3. The van der Waals surface area contributed by atoms with Crippen molar-refractivity contribution in [3.8, 4) is 5.75 Å². The number of nitrogens with zero attached hydrogens (tertiary/aromatic N) is 2. The smallest absolute Gasteiger partial charge is 0.417 e. The van der Waals surface area contributed by atoms with Crippen LogP contribution in [0, 0.1) is 5.92 Å². The standard InChI is InChI=1S/C23H21F6N5O4/c1-38-15-4-2-3-13-17(14-6-5-12(10-31-14)23(27,28)29)32-19(21(37)33-18(13)15)34-20(36)11(9-16(30)35)7-8-22(24,25)26/h2-6,10-11,19H,7-9H2,1H3,(H2,30,35)(H,33,37)(H,34,36). The van der Waals surface area contributed by atoms with Gasteiger partial charge >= 0.3 is 12.4 Å². The number of rotatable bonds is 8. The first-order chi connectivity index (χ1) is 17.7. The number of nitrogens with one attached hydrogen (secondary N) is 2. The Morgan fingerprint density at radius 1 is 1.16 bits per heavy atom. The fourth-order valence-corrected chi connectivity index (χ4v) is 3.64. The fraction of sp³-hybridized carbons (Fsp3) is 0.348. The van der Waals surface area contributed by atoms with Crippen LogP contribution in [0.25, 0.3) is 0 Å². The lowest BCUT2D eigenvalue weighted by Gasteiger charge is -2.19. The molecule has 1 aliphatic heterocycles. The average molecular weight is 545 g/mol. The first-order valence-electron chi connectivity index (χ1n) is 10.9. The van der Waals surface area contributed by atoms with Crippen molar-refractivity contribution >= 4 is 29.1 Å². The van der Waals surface area contributed by atoms with Crippen molar-refractivity contribution in [3.05, 3.63) is 53.3 Å². The van der Waals surface area contributed by atoms with Crippen LogP contribution in [0.3, 0.4) is 0 Å². The molecule has 4 N–H and O–H groups in total. The largest absolute Gasteiger partial charge is 0.495 e. The van der Waals surface area contributed by atoms with Gasteiger partial charge in [0.2, 0.25) is 18.0 Å². The predicted octanol–water partition coefficient (Wildman–Crippen LogP) is 3.17. The molecule has 2 atom stereocenters. The van der Waals surface area contributed by atoms with Gasteiger partial charge < -0.3 is 21.1 Å². The van der Waals surface area contributed by atoms with Gasteiger partial charge in [0.25, 0.3) is 5.91 Å². The number of carbonyl (C=O) groups is 3. The summed E-state index contributed by atoms with van der Waals surface area (Å²) in [7, 11) is 1.30. The molecular formula is C23H21F6N5O4. The minimum absolute atomic E-state index is 0.0722. The maximum atomic E-state index is 13.0. The van der Waals surface area contributed by atoms with E-state index < -0.39 is 67.0 Å². The van der Waals surface area contributed by atoms with Crippen molar-refractivity contribution in [2.75, 3.05) is 12.4 Å². The lowest BCUT2D eigenvalue weighted by molar-refractivity contribution is -0.143. The summed E-state index contributed by atoms with van der Waals surface area (Å²) in [5, 5.41) is 4.69. The fourth-order valence-electron chi connectivity index (χ4n) is 3.64. The third-order valence-corrected chi connectivity index (χ3v) is 5.46. The molecule has 3 rings (SSSR count). The lowest BCUT2D eigenvalue weighted by Crippen LogP contribution is -2.45. The third-order valence-electron chi connectivity index (χ3n) is 5.46. The number of anilines is 1. The number of benzodiazepines with no additional fused rings is 1. The Labute approximate surface area is 211 Å². The molecule has 2 unspecified atom stereocenters. The van der Waals surface area contributed by atoms with Gasteiger partial charge in [-0.25, -0.2) is 4.99 Å². The number of aliphatic imine (C=N–C) groups is 1. The van der Waals surface area contributed by atoms with E-state index >= 15 is 0 Å². The summed E-state index contributed by atoms with van der Waals surface area (Å²) in [5.74, 6) is -4.44. The molecule has 2 heterocycles. The van der Waals surface area contributed by atoms with E-state index in [1.54, 1.807) is 0 Å². The van der Waals surface area contributed by atoms with Crippen LogP contribution in [0.2, 0.25) is 0 Å². The van der Waals surface area contributed by atoms with Crippen LogP contribution in [0.1, 0.15) is 36.1 Å². The summed E-state index contributed by atoms with van der Waals surface area (Å²) in [4.78, 5) is 45.1. The topological polar surface area (TPSA) is 136 Å². The molecule has 1 aromatic heterocycles. The maximum absolute atomic E-state index is 13.0. The average Bonchev–Trinajstić information content (AvgIpc) is 2.96. The molecule has 0 saturated carbocycles. The molecule has 204 valence electrons. The number of methoxy groups -OCH3 is 1. The number of carbonyl (C=O) groups excluding carboxylic acids is 3. The number of hydrogen-bond acceptors (Lipinski definition) is 6. The Hall–Kier alpha value is -4.17. The van der Waals surface area contributed by atoms with Gasteiger partial charge in [-0.05, 0) is 24.6 Å². The van der Waals surface area contributed by atoms with E-state index in [1.807, 2.05) is 0 Å². The third kappa shape index (κ3) is 6.98. The van der Waals surface area contributed by atoms with Crippen LogP contribution in [0.4, 0.5) is 32.0 Å². The molecule has 0 spiro atoms. The van der Waals surface area contributed by atoms with E-state index in [9.17, 15) is 40.7 Å². The molecule has 15 heteroatoms. The predicted molar refractivity (Wildman–Crippen MR) is 121 cm³/mol. The van der Waals surface area contributed by atoms with Gasteiger partial charge in [0.05, 0.1) is 29.8 Å². The Morgan fingerprint density at radius 2 is 1.87 bits per heavy atom. The van der Waals surface area contributed by atoms with Crippen LogP contribution in [0.15, 0.2) is 41.5 Å². The summed E-state index contributed by atoms with van der Waals surface area (Å²) in [6.45, 7) is 0. The zero-order valence-corrected chi connectivity index (χ0v) is 19.6. The number of primary amides is 1. The second-order valence-corrected chi connectivity index (χ2v) is 8.21. The maximum Gasteiger partial charge on any atom is 0.417 e. The number of amides is 3. The number of nitrogens with two attached hydrogens (primary N) is 1. The van der Waals surface area contributed by atoms with Crippen molar-refractivity contribution in [3.63, 3.8) is 0 Å². The van der Waals surface area contributed by atoms with E-state index in [2.05, 4.69) is 20.6 Å². The highest BCUT2D eigenvalue weighted by Gasteiger charge is 2.35. The van der Waals surface area contributed by atoms with E-state index in [0.717, 1.165) is 12.1 Å². The van der Waals surface area contributed by atoms with Crippen molar-refractivity contribution in [2.24, 2.45) is 16.6 Å². The molecule has 1 aromatic carbocycles. The van der Waals surface area contributed by atoms with Crippen molar-refractivity contribution in [1.29, 1.82) is 0 Å². The highest BCUT2D eigenvalue weighted by Crippen LogP contribution is 2.33. The van der Waals surface area contributed by atoms with Gasteiger partial charge in [0, 0.05) is 30.5 Å². The molecule has 0 aliphatic carbocycles. The number of fused-ring (bicyclic) bond motifs is 1. The van der Waals surface area contributed by atoms with E-state index in [1.165, 1.54) is 25.3 Å². The van der Waals surface area contributed by atoms with Crippen LogP contribution in [-0.2, 0) is 20.6 Å². The molecule has 0 radical (unpaired) electrons. The van der Waals surface area contributed by atoms with Crippen LogP contribution in [-0.4, -0.2) is 47.9 Å². The monoisotopic (exact) mass is 545 g/mol. The second kappa shape index (κ2) is 11.1. The summed E-state index contributed by atoms with van der Waals surface area (Å²) < 4.78 is 82.5. The number of halogens is 6. The van der Waals surface area contributed by atoms with Gasteiger partial charge in [-0.2, -0.15) is 26.3 Å². The number of alkyl halides is 6. The Balaban J connectivity index is 2.02. The van der Waals surface area contributed by atoms with Gasteiger partial charge in [0.15, 0.2) is 0 Å². The quantitative estimate of drug-likeness (QED) is 0.438. The summed E-state index contributed by atoms with van der Waals surface area (Å²) >= 11 is 0. The molecule has 2 aromatic rings. The van der Waals surface area contributed by atoms with E-state index in [0.29, 0.717) is 6.20 Å². The van der Waals surface area contributed by atoms with Crippen molar-refractivity contribution in [1.82, 2.24) is 10.3 Å². The highest BCUT2D eigenvalue weighted by molar-refractivity contribution is 6.19. The number of benzene rings is 1. The number of para-hydroxylation sites is 1. The van der Waals surface area contributed by atoms with Crippen LogP contribution < -0.4 is 21.1 Å². The van der Waals surface area contributed by atoms with Crippen molar-refractivity contribution < 1.29 is 45.5 Å². The Kier molecular flexibility index (Phi) is 8.27. The first-order valence-corrected chi connectivity index (χ1v) is 10.9. The van der Waals surface area contributed by atoms with E-state index in [-0.39, 0.29) is 28.4 Å². The van der Waals surface area contributed by atoms with Gasteiger partial charge in [-0.1, -0.05) is 12.1 Å². The number of aromatic nitrogens is 1. The SMILES string of the molecule is COc1cccc2c1NC(=O)C(NC(=O)C(CCC(F)(F)F)CC(N)=O)N=C2c1ccc(C(F)(F)F)cn1. The number of pyridine rings is 1. The molecule has 0 fully saturated rings. The number of ether oxygens (including phenoxy) is 1. The minimum Gasteiger partial charge on any atom is -0.495 e. The molecule has 0 bridgehead atoms. The molecule has 0 saturated heterocycles. The Bertz CT molecular complexity index is 1240. The molecular weight excluding hydrogens is 524 g/mol.